The standard InChI is InChI=1S/C21H17ClN2O4S2/c1-11-17(20(26)28-3)18(14-9-12(22)6-7-15(14)27-2)24-19(25)16(30-21(24)23-11)10-13-5-4-8-29-13/h4-10,18H,1-3H3/b16-10-/t18-/m0/s1. The van der Waals surface area contributed by atoms with E-state index >= 15 is 0 Å². The van der Waals surface area contributed by atoms with Gasteiger partial charge in [0.2, 0.25) is 0 Å². The number of halogens is 1. The van der Waals surface area contributed by atoms with Crippen molar-refractivity contribution in [2.24, 2.45) is 4.99 Å². The van der Waals surface area contributed by atoms with Crippen molar-refractivity contribution < 1.29 is 14.3 Å². The van der Waals surface area contributed by atoms with E-state index in [9.17, 15) is 9.59 Å². The molecule has 1 aromatic carbocycles. The summed E-state index contributed by atoms with van der Waals surface area (Å²) in [6, 6.07) is 8.19. The molecule has 1 aliphatic rings. The summed E-state index contributed by atoms with van der Waals surface area (Å²) < 4.78 is 12.6. The molecule has 3 heterocycles. The molecule has 0 radical (unpaired) electrons. The molecule has 0 amide bonds. The van der Waals surface area contributed by atoms with Crippen LogP contribution < -0.4 is 19.6 Å². The van der Waals surface area contributed by atoms with Crippen molar-refractivity contribution in [3.63, 3.8) is 0 Å². The number of hydrogen-bond donors (Lipinski definition) is 0. The van der Waals surface area contributed by atoms with Crippen molar-refractivity contribution in [1.82, 2.24) is 4.57 Å². The second kappa shape index (κ2) is 8.22. The summed E-state index contributed by atoms with van der Waals surface area (Å²) in [7, 11) is 2.83. The summed E-state index contributed by atoms with van der Waals surface area (Å²) in [5.74, 6) is -0.0517. The minimum atomic E-state index is -0.771. The van der Waals surface area contributed by atoms with Crippen LogP contribution in [0, 0.1) is 0 Å². The van der Waals surface area contributed by atoms with Crippen molar-refractivity contribution >= 4 is 46.3 Å². The number of allylic oxidation sites excluding steroid dienone is 1. The lowest BCUT2D eigenvalue weighted by Gasteiger charge is -2.25. The quantitative estimate of drug-likeness (QED) is 0.561. The number of aromatic nitrogens is 1. The average Bonchev–Trinajstić information content (AvgIpc) is 3.35. The highest BCUT2D eigenvalue weighted by atomic mass is 35.5. The van der Waals surface area contributed by atoms with Crippen LogP contribution in [-0.2, 0) is 9.53 Å². The largest absolute Gasteiger partial charge is 0.496 e. The second-order valence-corrected chi connectivity index (χ2v) is 8.90. The van der Waals surface area contributed by atoms with Crippen LogP contribution in [0.15, 0.2) is 56.8 Å². The van der Waals surface area contributed by atoms with Gasteiger partial charge in [0.25, 0.3) is 5.56 Å². The van der Waals surface area contributed by atoms with E-state index in [4.69, 9.17) is 21.1 Å². The third kappa shape index (κ3) is 3.51. The lowest BCUT2D eigenvalue weighted by molar-refractivity contribution is -0.136. The Morgan fingerprint density at radius 2 is 2.10 bits per heavy atom. The van der Waals surface area contributed by atoms with Gasteiger partial charge in [0, 0.05) is 15.5 Å². The molecule has 1 aliphatic heterocycles. The first-order chi connectivity index (χ1) is 14.4. The predicted octanol–water partition coefficient (Wildman–Crippen LogP) is 3.13. The van der Waals surface area contributed by atoms with E-state index in [-0.39, 0.29) is 11.1 Å². The summed E-state index contributed by atoms with van der Waals surface area (Å²) in [6.07, 6.45) is 1.83. The van der Waals surface area contributed by atoms with Crippen molar-refractivity contribution in [3.05, 3.63) is 82.1 Å². The average molecular weight is 461 g/mol. The number of thiazole rings is 1. The Hall–Kier alpha value is -2.68. The summed E-state index contributed by atoms with van der Waals surface area (Å²) in [5, 5.41) is 2.41. The first-order valence-corrected chi connectivity index (χ1v) is 11.0. The summed E-state index contributed by atoms with van der Waals surface area (Å²) in [5.41, 5.74) is 1.10. The lowest BCUT2D eigenvalue weighted by atomic mass is 9.95. The highest BCUT2D eigenvalue weighted by molar-refractivity contribution is 7.11. The van der Waals surface area contributed by atoms with Crippen LogP contribution in [-0.4, -0.2) is 24.8 Å². The van der Waals surface area contributed by atoms with Gasteiger partial charge in [-0.1, -0.05) is 29.0 Å². The van der Waals surface area contributed by atoms with E-state index in [0.717, 1.165) is 4.88 Å². The number of carbonyl (C=O) groups is 1. The van der Waals surface area contributed by atoms with Crippen LogP contribution in [0.4, 0.5) is 0 Å². The van der Waals surface area contributed by atoms with Crippen molar-refractivity contribution in [1.29, 1.82) is 0 Å². The summed E-state index contributed by atoms with van der Waals surface area (Å²) in [6.45, 7) is 1.73. The summed E-state index contributed by atoms with van der Waals surface area (Å²) in [4.78, 5) is 32.1. The van der Waals surface area contributed by atoms with Crippen LogP contribution in [0.5, 0.6) is 5.75 Å². The molecule has 0 N–H and O–H groups in total. The zero-order chi connectivity index (χ0) is 21.4. The Kier molecular flexibility index (Phi) is 5.64. The van der Waals surface area contributed by atoms with Gasteiger partial charge in [-0.15, -0.1) is 11.3 Å². The van der Waals surface area contributed by atoms with Gasteiger partial charge < -0.3 is 9.47 Å². The molecule has 0 saturated heterocycles. The smallest absolute Gasteiger partial charge is 0.338 e. The molecule has 0 unspecified atom stereocenters. The monoisotopic (exact) mass is 460 g/mol. The first-order valence-electron chi connectivity index (χ1n) is 8.92. The highest BCUT2D eigenvalue weighted by Gasteiger charge is 2.35. The number of fused-ring (bicyclic) bond motifs is 1. The van der Waals surface area contributed by atoms with Crippen LogP contribution in [0.2, 0.25) is 5.02 Å². The fraction of sp³-hybridized carbons (Fsp3) is 0.190. The van der Waals surface area contributed by atoms with Gasteiger partial charge in [0.15, 0.2) is 4.80 Å². The maximum atomic E-state index is 13.4. The fourth-order valence-electron chi connectivity index (χ4n) is 3.41. The molecule has 1 atom stereocenters. The molecule has 154 valence electrons. The first kappa shape index (κ1) is 20.6. The molecule has 0 aliphatic carbocycles. The fourth-order valence-corrected chi connectivity index (χ4v) is 5.36. The van der Waals surface area contributed by atoms with Crippen LogP contribution in [0.3, 0.4) is 0 Å². The normalized spacial score (nSPS) is 16.3. The van der Waals surface area contributed by atoms with E-state index in [1.165, 1.54) is 41.5 Å². The number of rotatable bonds is 4. The Bertz CT molecular complexity index is 1340. The molecular formula is C21H17ClN2O4S2. The van der Waals surface area contributed by atoms with Gasteiger partial charge in [-0.3, -0.25) is 9.36 Å². The second-order valence-electron chi connectivity index (χ2n) is 6.48. The molecule has 9 heteroatoms. The molecule has 4 rings (SSSR count). The van der Waals surface area contributed by atoms with E-state index in [1.54, 1.807) is 25.1 Å². The summed E-state index contributed by atoms with van der Waals surface area (Å²) >= 11 is 9.07. The minimum absolute atomic E-state index is 0.243. The number of benzene rings is 1. The highest BCUT2D eigenvalue weighted by Crippen LogP contribution is 2.37. The molecule has 0 bridgehead atoms. The number of carbonyl (C=O) groups excluding carboxylic acids is 1. The molecule has 3 aromatic rings. The molecule has 0 fully saturated rings. The van der Waals surface area contributed by atoms with Gasteiger partial charge in [-0.2, -0.15) is 0 Å². The molecule has 30 heavy (non-hydrogen) atoms. The van der Waals surface area contributed by atoms with Crippen LogP contribution in [0.25, 0.3) is 6.08 Å². The Morgan fingerprint density at radius 3 is 2.77 bits per heavy atom. The zero-order valence-corrected chi connectivity index (χ0v) is 18.7. The Morgan fingerprint density at radius 1 is 1.30 bits per heavy atom. The Labute approximate surface area is 185 Å². The van der Waals surface area contributed by atoms with E-state index < -0.39 is 12.0 Å². The maximum Gasteiger partial charge on any atom is 0.338 e. The van der Waals surface area contributed by atoms with E-state index in [2.05, 4.69) is 4.99 Å². The SMILES string of the molecule is COC(=O)C1=C(C)N=c2s/c(=C\c3cccs3)c(=O)n2[C@H]1c1cc(Cl)ccc1OC. The zero-order valence-electron chi connectivity index (χ0n) is 16.3. The minimum Gasteiger partial charge on any atom is -0.496 e. The van der Waals surface area contributed by atoms with Gasteiger partial charge in [-0.05, 0) is 42.6 Å². The van der Waals surface area contributed by atoms with Crippen molar-refractivity contribution in [2.75, 3.05) is 14.2 Å². The maximum absolute atomic E-state index is 13.4. The molecular weight excluding hydrogens is 444 g/mol. The van der Waals surface area contributed by atoms with E-state index in [0.29, 0.717) is 31.4 Å². The van der Waals surface area contributed by atoms with Gasteiger partial charge in [-0.25, -0.2) is 9.79 Å². The van der Waals surface area contributed by atoms with Gasteiger partial charge >= 0.3 is 5.97 Å². The topological polar surface area (TPSA) is 69.9 Å². The number of hydrogen-bond acceptors (Lipinski definition) is 7. The number of nitrogens with zero attached hydrogens (tertiary/aromatic N) is 2. The molecule has 6 nitrogen and oxygen atoms in total. The lowest BCUT2D eigenvalue weighted by Crippen LogP contribution is -2.40. The van der Waals surface area contributed by atoms with Crippen LogP contribution >= 0.6 is 34.3 Å². The van der Waals surface area contributed by atoms with Crippen molar-refractivity contribution in [3.8, 4) is 5.75 Å². The number of thiophene rings is 1. The van der Waals surface area contributed by atoms with Crippen molar-refractivity contribution in [2.45, 2.75) is 13.0 Å². The molecule has 0 spiro atoms. The Balaban J connectivity index is 2.05. The third-order valence-electron chi connectivity index (χ3n) is 4.73. The van der Waals surface area contributed by atoms with Gasteiger partial charge in [0.05, 0.1) is 30.0 Å². The molecule has 2 aromatic heterocycles. The van der Waals surface area contributed by atoms with E-state index in [1.807, 2.05) is 23.6 Å². The van der Waals surface area contributed by atoms with Gasteiger partial charge in [0.1, 0.15) is 11.8 Å². The predicted molar refractivity (Wildman–Crippen MR) is 118 cm³/mol. The number of ether oxygens (including phenoxy) is 2. The van der Waals surface area contributed by atoms with Crippen LogP contribution in [0.1, 0.15) is 23.4 Å². The third-order valence-corrected chi connectivity index (χ3v) is 6.77. The molecule has 0 saturated carbocycles. The number of esters is 1. The number of methoxy groups -OCH3 is 2.